The summed E-state index contributed by atoms with van der Waals surface area (Å²) in [5.74, 6) is 0.908. The molecule has 0 saturated carbocycles. The van der Waals surface area contributed by atoms with E-state index in [0.29, 0.717) is 12.3 Å². The molecule has 0 bridgehead atoms. The van der Waals surface area contributed by atoms with Crippen LogP contribution in [0.5, 0.6) is 0 Å². The van der Waals surface area contributed by atoms with Crippen LogP contribution in [0.15, 0.2) is 42.7 Å². The summed E-state index contributed by atoms with van der Waals surface area (Å²) in [6, 6.07) is 9.96. The van der Waals surface area contributed by atoms with Crippen molar-refractivity contribution in [2.75, 3.05) is 26.7 Å². The van der Waals surface area contributed by atoms with Gasteiger partial charge in [-0.1, -0.05) is 18.2 Å². The number of para-hydroxylation sites is 1. The van der Waals surface area contributed by atoms with Gasteiger partial charge in [-0.2, -0.15) is 5.10 Å². The molecule has 0 radical (unpaired) electrons. The van der Waals surface area contributed by atoms with E-state index in [9.17, 15) is 4.79 Å². The Hall–Kier alpha value is -2.14. The first-order valence-electron chi connectivity index (χ1n) is 8.27. The van der Waals surface area contributed by atoms with Crippen LogP contribution in [0.3, 0.4) is 0 Å². The van der Waals surface area contributed by atoms with Crippen molar-refractivity contribution in [3.8, 4) is 5.69 Å². The zero-order valence-electron chi connectivity index (χ0n) is 13.6. The summed E-state index contributed by atoms with van der Waals surface area (Å²) < 4.78 is 1.82. The average molecular weight is 312 g/mol. The van der Waals surface area contributed by atoms with Gasteiger partial charge in [0.1, 0.15) is 0 Å². The highest BCUT2D eigenvalue weighted by atomic mass is 16.2. The van der Waals surface area contributed by atoms with Gasteiger partial charge in [-0.3, -0.25) is 4.79 Å². The van der Waals surface area contributed by atoms with E-state index in [1.54, 1.807) is 6.20 Å². The van der Waals surface area contributed by atoms with Crippen molar-refractivity contribution in [3.63, 3.8) is 0 Å². The minimum Gasteiger partial charge on any atom is -0.342 e. The van der Waals surface area contributed by atoms with Crippen molar-refractivity contribution < 1.29 is 4.79 Å². The van der Waals surface area contributed by atoms with Crippen LogP contribution in [0.4, 0.5) is 0 Å². The van der Waals surface area contributed by atoms with Crippen molar-refractivity contribution in [2.24, 2.45) is 5.92 Å². The van der Waals surface area contributed by atoms with Gasteiger partial charge in [0.15, 0.2) is 0 Å². The number of nitrogens with one attached hydrogen (secondary N) is 1. The van der Waals surface area contributed by atoms with Gasteiger partial charge < -0.3 is 10.2 Å². The number of aromatic nitrogens is 2. The van der Waals surface area contributed by atoms with E-state index in [4.69, 9.17) is 0 Å². The van der Waals surface area contributed by atoms with Crippen LogP contribution < -0.4 is 5.32 Å². The van der Waals surface area contributed by atoms with Gasteiger partial charge in [0, 0.05) is 19.3 Å². The SMILES string of the molecule is CNCC1CCN(C(=O)Cc2cnn(-c3ccccc3)c2)CC1. The minimum atomic E-state index is 0.209. The fraction of sp³-hybridized carbons (Fsp3) is 0.444. The van der Waals surface area contributed by atoms with E-state index >= 15 is 0 Å². The highest BCUT2D eigenvalue weighted by Gasteiger charge is 2.22. The van der Waals surface area contributed by atoms with Crippen molar-refractivity contribution >= 4 is 5.91 Å². The Morgan fingerprint density at radius 3 is 2.70 bits per heavy atom. The van der Waals surface area contributed by atoms with Crippen LogP contribution in [0, 0.1) is 5.92 Å². The van der Waals surface area contributed by atoms with Crippen LogP contribution in [-0.4, -0.2) is 47.3 Å². The summed E-state index contributed by atoms with van der Waals surface area (Å²) in [5.41, 5.74) is 1.98. The summed E-state index contributed by atoms with van der Waals surface area (Å²) in [5, 5.41) is 7.58. The highest BCUT2D eigenvalue weighted by molar-refractivity contribution is 5.78. The standard InChI is InChI=1S/C18H24N4O/c1-19-12-15-7-9-21(10-8-15)18(23)11-16-13-20-22(14-16)17-5-3-2-4-6-17/h2-6,13-15,19H,7-12H2,1H3. The van der Waals surface area contributed by atoms with Crippen LogP contribution in [-0.2, 0) is 11.2 Å². The minimum absolute atomic E-state index is 0.209. The maximum atomic E-state index is 12.5. The zero-order valence-corrected chi connectivity index (χ0v) is 13.6. The zero-order chi connectivity index (χ0) is 16.1. The molecule has 1 aliphatic heterocycles. The first kappa shape index (κ1) is 15.7. The molecule has 5 nitrogen and oxygen atoms in total. The molecule has 2 heterocycles. The van der Waals surface area contributed by atoms with E-state index < -0.39 is 0 Å². The molecule has 0 atom stereocenters. The largest absolute Gasteiger partial charge is 0.342 e. The number of benzene rings is 1. The molecule has 1 saturated heterocycles. The van der Waals surface area contributed by atoms with Gasteiger partial charge in [0.25, 0.3) is 0 Å². The number of rotatable bonds is 5. The Bertz CT molecular complexity index is 629. The fourth-order valence-corrected chi connectivity index (χ4v) is 3.13. The number of likely N-dealkylation sites (tertiary alicyclic amines) is 1. The number of carbonyl (C=O) groups excluding carboxylic acids is 1. The lowest BCUT2D eigenvalue weighted by molar-refractivity contribution is -0.131. The molecule has 0 unspecified atom stereocenters. The second-order valence-corrected chi connectivity index (χ2v) is 6.19. The molecule has 0 aliphatic carbocycles. The normalized spacial score (nSPS) is 15.8. The lowest BCUT2D eigenvalue weighted by atomic mass is 9.96. The number of nitrogens with zero attached hydrogens (tertiary/aromatic N) is 3. The Kier molecular flexibility index (Phi) is 5.08. The van der Waals surface area contributed by atoms with E-state index in [1.165, 1.54) is 0 Å². The molecule has 1 fully saturated rings. The molecule has 1 N–H and O–H groups in total. The molecule has 2 aromatic rings. The number of carbonyl (C=O) groups is 1. The van der Waals surface area contributed by atoms with Crippen molar-refractivity contribution in [2.45, 2.75) is 19.3 Å². The van der Waals surface area contributed by atoms with Crippen LogP contribution in [0.25, 0.3) is 5.69 Å². The summed E-state index contributed by atoms with van der Waals surface area (Å²) in [6.07, 6.45) is 6.36. The molecule has 0 spiro atoms. The Morgan fingerprint density at radius 2 is 2.00 bits per heavy atom. The summed E-state index contributed by atoms with van der Waals surface area (Å²) in [6.45, 7) is 2.79. The molecular weight excluding hydrogens is 288 g/mol. The van der Waals surface area contributed by atoms with E-state index in [-0.39, 0.29) is 5.91 Å². The third-order valence-corrected chi connectivity index (χ3v) is 4.47. The second kappa shape index (κ2) is 7.42. The lowest BCUT2D eigenvalue weighted by Crippen LogP contribution is -2.41. The van der Waals surface area contributed by atoms with Gasteiger partial charge in [-0.05, 0) is 50.0 Å². The van der Waals surface area contributed by atoms with Crippen molar-refractivity contribution in [3.05, 3.63) is 48.3 Å². The molecule has 5 heteroatoms. The van der Waals surface area contributed by atoms with E-state index in [2.05, 4.69) is 10.4 Å². The fourth-order valence-electron chi connectivity index (χ4n) is 3.13. The van der Waals surface area contributed by atoms with Gasteiger partial charge in [-0.25, -0.2) is 4.68 Å². The quantitative estimate of drug-likeness (QED) is 0.917. The van der Waals surface area contributed by atoms with Crippen LogP contribution in [0.1, 0.15) is 18.4 Å². The summed E-state index contributed by atoms with van der Waals surface area (Å²) >= 11 is 0. The van der Waals surface area contributed by atoms with E-state index in [0.717, 1.165) is 43.7 Å². The topological polar surface area (TPSA) is 50.2 Å². The molecule has 1 amide bonds. The predicted molar refractivity (Wildman–Crippen MR) is 90.5 cm³/mol. The highest BCUT2D eigenvalue weighted by Crippen LogP contribution is 2.17. The Labute approximate surface area is 137 Å². The average Bonchev–Trinajstić information content (AvgIpc) is 3.05. The van der Waals surface area contributed by atoms with E-state index in [1.807, 2.05) is 53.2 Å². The Balaban J connectivity index is 1.56. The lowest BCUT2D eigenvalue weighted by Gasteiger charge is -2.32. The van der Waals surface area contributed by atoms with Gasteiger partial charge in [-0.15, -0.1) is 0 Å². The molecule has 3 rings (SSSR count). The second-order valence-electron chi connectivity index (χ2n) is 6.19. The maximum absolute atomic E-state index is 12.5. The summed E-state index contributed by atoms with van der Waals surface area (Å²) in [7, 11) is 1.99. The number of hydrogen-bond donors (Lipinski definition) is 1. The van der Waals surface area contributed by atoms with Gasteiger partial charge in [0.05, 0.1) is 18.3 Å². The summed E-state index contributed by atoms with van der Waals surface area (Å²) in [4.78, 5) is 14.4. The van der Waals surface area contributed by atoms with Crippen molar-refractivity contribution in [1.29, 1.82) is 0 Å². The number of amides is 1. The smallest absolute Gasteiger partial charge is 0.227 e. The molecule has 23 heavy (non-hydrogen) atoms. The monoisotopic (exact) mass is 312 g/mol. The third-order valence-electron chi connectivity index (χ3n) is 4.47. The maximum Gasteiger partial charge on any atom is 0.227 e. The molecule has 122 valence electrons. The van der Waals surface area contributed by atoms with Gasteiger partial charge in [0.2, 0.25) is 5.91 Å². The van der Waals surface area contributed by atoms with Crippen LogP contribution >= 0.6 is 0 Å². The first-order chi connectivity index (χ1) is 11.3. The Morgan fingerprint density at radius 1 is 1.26 bits per heavy atom. The predicted octanol–water partition coefficient (Wildman–Crippen LogP) is 1.87. The molecule has 1 aromatic carbocycles. The number of hydrogen-bond acceptors (Lipinski definition) is 3. The molecular formula is C18H24N4O. The first-order valence-corrected chi connectivity index (χ1v) is 8.27. The van der Waals surface area contributed by atoms with Gasteiger partial charge >= 0.3 is 0 Å². The number of piperidine rings is 1. The van der Waals surface area contributed by atoms with Crippen LogP contribution in [0.2, 0.25) is 0 Å². The molecule has 1 aromatic heterocycles. The molecule has 1 aliphatic rings. The third kappa shape index (κ3) is 3.99. The van der Waals surface area contributed by atoms with Crippen molar-refractivity contribution in [1.82, 2.24) is 20.0 Å².